The minimum atomic E-state index is -0.687. The molecule has 2 aliphatic heterocycles. The van der Waals surface area contributed by atoms with E-state index in [0.717, 1.165) is 30.6 Å². The van der Waals surface area contributed by atoms with Crippen molar-refractivity contribution < 1.29 is 18.7 Å². The molecule has 1 aromatic heterocycles. The highest BCUT2D eigenvalue weighted by atomic mass is 19.1. The van der Waals surface area contributed by atoms with Crippen LogP contribution in [0.3, 0.4) is 0 Å². The van der Waals surface area contributed by atoms with Crippen LogP contribution in [0.25, 0.3) is 11.4 Å². The molecule has 2 fully saturated rings. The van der Waals surface area contributed by atoms with Gasteiger partial charge in [-0.2, -0.15) is 0 Å². The minimum absolute atomic E-state index is 0.0532. The van der Waals surface area contributed by atoms with E-state index in [9.17, 15) is 14.0 Å². The van der Waals surface area contributed by atoms with Crippen LogP contribution < -0.4 is 21.1 Å². The lowest BCUT2D eigenvalue weighted by Crippen LogP contribution is -2.36. The third kappa shape index (κ3) is 5.22. The van der Waals surface area contributed by atoms with Crippen LogP contribution in [0.15, 0.2) is 48.5 Å². The molecule has 0 spiro atoms. The number of carbonyl (C=O) groups is 2. The lowest BCUT2D eigenvalue weighted by Gasteiger charge is -2.31. The zero-order chi connectivity index (χ0) is 24.4. The highest BCUT2D eigenvalue weighted by Gasteiger charge is 2.25. The highest BCUT2D eigenvalue weighted by molar-refractivity contribution is 5.92. The number of halogens is 1. The van der Waals surface area contributed by atoms with E-state index in [1.807, 2.05) is 12.1 Å². The molecule has 10 heteroatoms. The Bertz CT molecular complexity index is 1260. The van der Waals surface area contributed by atoms with Gasteiger partial charge >= 0.3 is 0 Å². The van der Waals surface area contributed by atoms with Crippen molar-refractivity contribution in [3.63, 3.8) is 0 Å². The second-order valence-electron chi connectivity index (χ2n) is 8.61. The third-order valence-electron chi connectivity index (χ3n) is 6.06. The van der Waals surface area contributed by atoms with Crippen LogP contribution in [0.4, 0.5) is 10.2 Å². The molecule has 3 heterocycles. The first kappa shape index (κ1) is 22.7. The number of nitrogens with two attached hydrogens (primary N) is 1. The molecule has 0 saturated carbocycles. The fourth-order valence-corrected chi connectivity index (χ4v) is 4.08. The zero-order valence-corrected chi connectivity index (χ0v) is 19.0. The largest absolute Gasteiger partial charge is 0.457 e. The van der Waals surface area contributed by atoms with Gasteiger partial charge in [-0.25, -0.2) is 14.4 Å². The van der Waals surface area contributed by atoms with Crippen LogP contribution in [-0.4, -0.2) is 52.4 Å². The second-order valence-corrected chi connectivity index (χ2v) is 8.61. The predicted molar refractivity (Wildman–Crippen MR) is 127 cm³/mol. The number of anilines is 1. The van der Waals surface area contributed by atoms with Crippen molar-refractivity contribution in [3.05, 3.63) is 65.6 Å². The summed E-state index contributed by atoms with van der Waals surface area (Å²) in [5.74, 6) is 0.639. The maximum Gasteiger partial charge on any atom is 0.267 e. The zero-order valence-electron chi connectivity index (χ0n) is 19.0. The van der Waals surface area contributed by atoms with Crippen molar-refractivity contribution in [2.75, 3.05) is 25.0 Å². The van der Waals surface area contributed by atoms with Crippen molar-refractivity contribution >= 4 is 17.6 Å². The Kier molecular flexibility index (Phi) is 6.28. The summed E-state index contributed by atoms with van der Waals surface area (Å²) in [4.78, 5) is 35.3. The van der Waals surface area contributed by atoms with Gasteiger partial charge in [0, 0.05) is 24.7 Å². The number of aromatic nitrogens is 2. The van der Waals surface area contributed by atoms with Crippen LogP contribution in [0.1, 0.15) is 28.9 Å². The lowest BCUT2D eigenvalue weighted by atomic mass is 10.0. The van der Waals surface area contributed by atoms with Crippen molar-refractivity contribution in [2.24, 2.45) is 5.73 Å². The molecule has 9 nitrogen and oxygen atoms in total. The van der Waals surface area contributed by atoms with E-state index >= 15 is 0 Å². The van der Waals surface area contributed by atoms with Crippen LogP contribution in [0, 0.1) is 5.82 Å². The average Bonchev–Trinajstić information content (AvgIpc) is 3.22. The van der Waals surface area contributed by atoms with Gasteiger partial charge in [0.05, 0.1) is 0 Å². The Morgan fingerprint density at radius 2 is 1.91 bits per heavy atom. The number of ether oxygens (including phenoxy) is 1. The molecule has 0 aliphatic carbocycles. The molecule has 0 unspecified atom stereocenters. The number of nitrogens with one attached hydrogen (secondary N) is 2. The van der Waals surface area contributed by atoms with E-state index in [1.165, 1.54) is 18.2 Å². The SMILES string of the molecule is NC(=O)c1cc(N[C@H]2CCNC2=O)nc(-c2ccc(Oc3ccc(F)cc3)cc2CN2CCC2)n1. The van der Waals surface area contributed by atoms with E-state index in [2.05, 4.69) is 25.5 Å². The summed E-state index contributed by atoms with van der Waals surface area (Å²) in [6.45, 7) is 3.18. The third-order valence-corrected chi connectivity index (χ3v) is 6.06. The molecule has 2 amide bonds. The number of hydrogen-bond donors (Lipinski definition) is 3. The summed E-state index contributed by atoms with van der Waals surface area (Å²) in [6, 6.07) is 12.3. The van der Waals surface area contributed by atoms with Crippen LogP contribution >= 0.6 is 0 Å². The number of hydrogen-bond acceptors (Lipinski definition) is 7. The fraction of sp³-hybridized carbons (Fsp3) is 0.280. The average molecular weight is 477 g/mol. The Balaban J connectivity index is 1.50. The Morgan fingerprint density at radius 1 is 1.14 bits per heavy atom. The smallest absolute Gasteiger partial charge is 0.267 e. The van der Waals surface area contributed by atoms with Crippen LogP contribution in [0.2, 0.25) is 0 Å². The van der Waals surface area contributed by atoms with E-state index in [-0.39, 0.29) is 17.4 Å². The van der Waals surface area contributed by atoms with E-state index < -0.39 is 11.9 Å². The van der Waals surface area contributed by atoms with Gasteiger partial charge in [-0.3, -0.25) is 14.5 Å². The fourth-order valence-electron chi connectivity index (χ4n) is 4.08. The Labute approximate surface area is 201 Å². The molecule has 0 radical (unpaired) electrons. The number of amides is 2. The van der Waals surface area contributed by atoms with Gasteiger partial charge in [-0.15, -0.1) is 0 Å². The molecule has 5 rings (SSSR count). The normalized spacial score (nSPS) is 17.5. The number of carbonyl (C=O) groups excluding carboxylic acids is 2. The molecule has 2 aliphatic rings. The van der Waals surface area contributed by atoms with Gasteiger partial charge in [0.2, 0.25) is 5.91 Å². The van der Waals surface area contributed by atoms with Gasteiger partial charge in [0.15, 0.2) is 5.82 Å². The topological polar surface area (TPSA) is 122 Å². The maximum atomic E-state index is 13.3. The van der Waals surface area contributed by atoms with Crippen molar-refractivity contribution in [3.8, 4) is 22.9 Å². The van der Waals surface area contributed by atoms with Crippen LogP contribution in [0.5, 0.6) is 11.5 Å². The van der Waals surface area contributed by atoms with E-state index in [4.69, 9.17) is 10.5 Å². The lowest BCUT2D eigenvalue weighted by molar-refractivity contribution is -0.119. The minimum Gasteiger partial charge on any atom is -0.457 e. The molecule has 2 saturated heterocycles. The molecule has 35 heavy (non-hydrogen) atoms. The number of nitrogens with zero attached hydrogens (tertiary/aromatic N) is 3. The molecule has 1 atom stereocenters. The van der Waals surface area contributed by atoms with E-state index in [0.29, 0.717) is 42.7 Å². The second kappa shape index (κ2) is 9.67. The Hall–Kier alpha value is -4.05. The first-order chi connectivity index (χ1) is 16.9. The summed E-state index contributed by atoms with van der Waals surface area (Å²) >= 11 is 0. The predicted octanol–water partition coefficient (Wildman–Crippen LogP) is 2.68. The quantitative estimate of drug-likeness (QED) is 0.457. The number of rotatable bonds is 8. The molecular formula is C25H25FN6O3. The first-order valence-electron chi connectivity index (χ1n) is 11.5. The number of likely N-dealkylation sites (tertiary alicyclic amines) is 1. The summed E-state index contributed by atoms with van der Waals surface area (Å²) in [5, 5.41) is 5.86. The van der Waals surface area contributed by atoms with Crippen molar-refractivity contribution in [1.29, 1.82) is 0 Å². The molecule has 180 valence electrons. The maximum absolute atomic E-state index is 13.3. The monoisotopic (exact) mass is 476 g/mol. The molecule has 3 aromatic rings. The summed E-state index contributed by atoms with van der Waals surface area (Å²) in [6.07, 6.45) is 1.74. The molecule has 2 aromatic carbocycles. The molecular weight excluding hydrogens is 451 g/mol. The molecule has 4 N–H and O–H groups in total. The van der Waals surface area contributed by atoms with Crippen LogP contribution in [-0.2, 0) is 11.3 Å². The number of primary amides is 1. The van der Waals surface area contributed by atoms with E-state index in [1.54, 1.807) is 18.2 Å². The molecule has 0 bridgehead atoms. The summed E-state index contributed by atoms with van der Waals surface area (Å²) < 4.78 is 19.2. The van der Waals surface area contributed by atoms with Gasteiger partial charge in [-0.05, 0) is 74.0 Å². The van der Waals surface area contributed by atoms with Crippen molar-refractivity contribution in [2.45, 2.75) is 25.4 Å². The van der Waals surface area contributed by atoms with Gasteiger partial charge < -0.3 is 21.1 Å². The number of benzene rings is 2. The first-order valence-corrected chi connectivity index (χ1v) is 11.5. The van der Waals surface area contributed by atoms with Crippen molar-refractivity contribution in [1.82, 2.24) is 20.2 Å². The summed E-state index contributed by atoms with van der Waals surface area (Å²) in [5.41, 5.74) is 7.24. The summed E-state index contributed by atoms with van der Waals surface area (Å²) in [7, 11) is 0. The highest BCUT2D eigenvalue weighted by Crippen LogP contribution is 2.31. The van der Waals surface area contributed by atoms with Gasteiger partial charge in [-0.1, -0.05) is 0 Å². The standard InChI is InChI=1S/C25H25FN6O3/c26-16-2-4-17(5-3-16)35-18-6-7-19(15(12-18)14-32-10-1-11-32)24-30-21(23(27)33)13-22(31-24)29-20-8-9-28-25(20)34/h2-7,12-13,20H,1,8-11,14H2,(H2,27,33)(H,28,34)(H,29,30,31)/t20-/m0/s1. The Morgan fingerprint density at radius 3 is 2.57 bits per heavy atom. The van der Waals surface area contributed by atoms with Gasteiger partial charge in [0.1, 0.15) is 34.9 Å². The van der Waals surface area contributed by atoms with Gasteiger partial charge in [0.25, 0.3) is 5.91 Å².